The lowest BCUT2D eigenvalue weighted by Crippen LogP contribution is -2.44. The van der Waals surface area contributed by atoms with Crippen molar-refractivity contribution < 1.29 is 19.5 Å². The largest absolute Gasteiger partial charge is 0.495 e. The Balaban J connectivity index is 1.65. The lowest BCUT2D eigenvalue weighted by atomic mass is 9.91. The van der Waals surface area contributed by atoms with Gasteiger partial charge in [-0.05, 0) is 23.8 Å². The first-order chi connectivity index (χ1) is 16.1. The SMILES string of the molecule is COc1ccccc1NC(=O)[C@@H](Cc1ccccc1)NC1=C/C(=N/O)c2ccccc2C1=O. The zero-order valence-electron chi connectivity index (χ0n) is 18.0. The molecule has 0 aliphatic heterocycles. The fourth-order valence-corrected chi connectivity index (χ4v) is 3.73. The summed E-state index contributed by atoms with van der Waals surface area (Å²) in [5.74, 6) is -0.0829. The highest BCUT2D eigenvalue weighted by Gasteiger charge is 2.28. The van der Waals surface area contributed by atoms with E-state index in [1.54, 1.807) is 42.5 Å². The molecule has 0 spiro atoms. The Morgan fingerprint density at radius 1 is 0.970 bits per heavy atom. The van der Waals surface area contributed by atoms with Gasteiger partial charge in [-0.25, -0.2) is 0 Å². The minimum Gasteiger partial charge on any atom is -0.495 e. The molecule has 3 N–H and O–H groups in total. The van der Waals surface area contributed by atoms with Crippen molar-refractivity contribution in [2.24, 2.45) is 5.16 Å². The first kappa shape index (κ1) is 21.8. The molecule has 166 valence electrons. The van der Waals surface area contributed by atoms with Gasteiger partial charge in [-0.3, -0.25) is 9.59 Å². The van der Waals surface area contributed by atoms with Gasteiger partial charge in [0.25, 0.3) is 0 Å². The van der Waals surface area contributed by atoms with Gasteiger partial charge in [0.15, 0.2) is 0 Å². The van der Waals surface area contributed by atoms with Crippen LogP contribution in [0.5, 0.6) is 5.75 Å². The number of carbonyl (C=O) groups excluding carboxylic acids is 2. The fourth-order valence-electron chi connectivity index (χ4n) is 3.73. The van der Waals surface area contributed by atoms with E-state index in [-0.39, 0.29) is 23.1 Å². The molecule has 3 aromatic rings. The number of hydrogen-bond acceptors (Lipinski definition) is 6. The second-order valence-electron chi connectivity index (χ2n) is 7.49. The van der Waals surface area contributed by atoms with Crippen molar-refractivity contribution in [1.29, 1.82) is 0 Å². The van der Waals surface area contributed by atoms with Crippen LogP contribution >= 0.6 is 0 Å². The fraction of sp³-hybridized carbons (Fsp3) is 0.115. The summed E-state index contributed by atoms with van der Waals surface area (Å²) in [5, 5.41) is 18.8. The molecule has 1 amide bonds. The Bertz CT molecular complexity index is 1240. The maximum Gasteiger partial charge on any atom is 0.247 e. The van der Waals surface area contributed by atoms with Gasteiger partial charge in [-0.15, -0.1) is 0 Å². The highest BCUT2D eigenvalue weighted by molar-refractivity contribution is 6.26. The quantitative estimate of drug-likeness (QED) is 0.383. The molecule has 1 atom stereocenters. The molecule has 0 aromatic heterocycles. The summed E-state index contributed by atoms with van der Waals surface area (Å²) in [6, 6.07) is 22.7. The average Bonchev–Trinajstić information content (AvgIpc) is 2.86. The third-order valence-corrected chi connectivity index (χ3v) is 5.37. The summed E-state index contributed by atoms with van der Waals surface area (Å²) >= 11 is 0. The van der Waals surface area contributed by atoms with Gasteiger partial charge in [0, 0.05) is 17.5 Å². The number of nitrogens with one attached hydrogen (secondary N) is 2. The second-order valence-corrected chi connectivity index (χ2v) is 7.49. The van der Waals surface area contributed by atoms with Crippen LogP contribution < -0.4 is 15.4 Å². The highest BCUT2D eigenvalue weighted by atomic mass is 16.5. The maximum atomic E-state index is 13.3. The number of rotatable bonds is 7. The van der Waals surface area contributed by atoms with Gasteiger partial charge >= 0.3 is 0 Å². The summed E-state index contributed by atoms with van der Waals surface area (Å²) in [7, 11) is 1.53. The minimum absolute atomic E-state index is 0.178. The number of ether oxygens (including phenoxy) is 1. The lowest BCUT2D eigenvalue weighted by molar-refractivity contribution is -0.117. The van der Waals surface area contributed by atoms with Gasteiger partial charge < -0.3 is 20.6 Å². The molecule has 0 saturated carbocycles. The van der Waals surface area contributed by atoms with Crippen LogP contribution in [-0.2, 0) is 11.2 Å². The Hall–Kier alpha value is -4.39. The monoisotopic (exact) mass is 441 g/mol. The number of fused-ring (bicyclic) bond motifs is 1. The van der Waals surface area contributed by atoms with Crippen LogP contribution in [-0.4, -0.2) is 35.8 Å². The number of allylic oxidation sites excluding steroid dienone is 2. The van der Waals surface area contributed by atoms with Crippen LogP contribution in [0.15, 0.2) is 95.8 Å². The van der Waals surface area contributed by atoms with Crippen molar-refractivity contribution in [2.45, 2.75) is 12.5 Å². The molecule has 0 radical (unpaired) electrons. The van der Waals surface area contributed by atoms with E-state index in [1.807, 2.05) is 36.4 Å². The predicted molar refractivity (Wildman–Crippen MR) is 126 cm³/mol. The number of Topliss-reactive ketones (excluding diaryl/α,β-unsaturated/α-hetero) is 1. The molecule has 1 aliphatic rings. The van der Waals surface area contributed by atoms with Gasteiger partial charge in [-0.1, -0.05) is 71.9 Å². The first-order valence-electron chi connectivity index (χ1n) is 10.4. The van der Waals surface area contributed by atoms with Crippen LogP contribution in [0.1, 0.15) is 21.5 Å². The predicted octanol–water partition coefficient (Wildman–Crippen LogP) is 3.79. The van der Waals surface area contributed by atoms with Gasteiger partial charge in [0.05, 0.1) is 18.5 Å². The number of ketones is 1. The third kappa shape index (κ3) is 4.77. The zero-order chi connectivity index (χ0) is 23.2. The Morgan fingerprint density at radius 2 is 1.64 bits per heavy atom. The molecule has 0 fully saturated rings. The molecule has 33 heavy (non-hydrogen) atoms. The van der Waals surface area contributed by atoms with E-state index in [9.17, 15) is 14.8 Å². The normalized spacial score (nSPS) is 14.8. The summed E-state index contributed by atoms with van der Waals surface area (Å²) in [6.07, 6.45) is 1.79. The molecule has 7 nitrogen and oxygen atoms in total. The number of benzene rings is 3. The van der Waals surface area contributed by atoms with Crippen molar-refractivity contribution in [3.8, 4) is 5.75 Å². The number of nitrogens with zero attached hydrogens (tertiary/aromatic N) is 1. The summed E-state index contributed by atoms with van der Waals surface area (Å²) < 4.78 is 5.33. The van der Waals surface area contributed by atoms with Crippen LogP contribution in [0.3, 0.4) is 0 Å². The Kier molecular flexibility index (Phi) is 6.50. The highest BCUT2D eigenvalue weighted by Crippen LogP contribution is 2.24. The second kappa shape index (κ2) is 9.82. The van der Waals surface area contributed by atoms with Crippen LogP contribution in [0, 0.1) is 0 Å². The average molecular weight is 441 g/mol. The molecular formula is C26H23N3O4. The van der Waals surface area contributed by atoms with E-state index < -0.39 is 6.04 Å². The first-order valence-corrected chi connectivity index (χ1v) is 10.4. The molecule has 3 aromatic carbocycles. The molecule has 7 heteroatoms. The number of carbonyl (C=O) groups is 2. The van der Waals surface area contributed by atoms with E-state index in [2.05, 4.69) is 15.8 Å². The van der Waals surface area contributed by atoms with E-state index in [0.717, 1.165) is 5.56 Å². The van der Waals surface area contributed by atoms with Crippen molar-refractivity contribution in [3.63, 3.8) is 0 Å². The van der Waals surface area contributed by atoms with Gasteiger partial charge in [0.1, 0.15) is 17.5 Å². The topological polar surface area (TPSA) is 100 Å². The van der Waals surface area contributed by atoms with Crippen molar-refractivity contribution in [1.82, 2.24) is 5.32 Å². The number of anilines is 1. The van der Waals surface area contributed by atoms with Crippen LogP contribution in [0.25, 0.3) is 0 Å². The van der Waals surface area contributed by atoms with E-state index in [1.165, 1.54) is 13.2 Å². The molecule has 1 aliphatic carbocycles. The Morgan fingerprint density at radius 3 is 2.36 bits per heavy atom. The standard InChI is InChI=1S/C26H23N3O4/c1-33-24-14-8-7-13-20(24)28-26(31)23(15-17-9-3-2-4-10-17)27-22-16-21(29-32)18-11-5-6-12-19(18)25(22)30/h2-14,16,23,27,32H,15H2,1H3,(H,28,31)/b29-21-/t23-/m1/s1. The maximum absolute atomic E-state index is 13.3. The van der Waals surface area contributed by atoms with Crippen molar-refractivity contribution in [2.75, 3.05) is 12.4 Å². The van der Waals surface area contributed by atoms with Crippen molar-refractivity contribution in [3.05, 3.63) is 107 Å². The summed E-state index contributed by atoms with van der Waals surface area (Å²) in [5.41, 5.74) is 2.81. The molecule has 0 unspecified atom stereocenters. The van der Waals surface area contributed by atoms with E-state index in [0.29, 0.717) is 29.0 Å². The number of hydrogen-bond donors (Lipinski definition) is 3. The third-order valence-electron chi connectivity index (χ3n) is 5.37. The van der Waals surface area contributed by atoms with Gasteiger partial charge in [-0.2, -0.15) is 0 Å². The molecule has 0 saturated heterocycles. The van der Waals surface area contributed by atoms with E-state index in [4.69, 9.17) is 4.74 Å². The number of oxime groups is 1. The van der Waals surface area contributed by atoms with E-state index >= 15 is 0 Å². The molecular weight excluding hydrogens is 418 g/mol. The molecule has 0 bridgehead atoms. The summed E-state index contributed by atoms with van der Waals surface area (Å²) in [4.78, 5) is 26.4. The lowest BCUT2D eigenvalue weighted by Gasteiger charge is -2.24. The summed E-state index contributed by atoms with van der Waals surface area (Å²) in [6.45, 7) is 0. The zero-order valence-corrected chi connectivity index (χ0v) is 18.0. The number of para-hydroxylation sites is 2. The molecule has 4 rings (SSSR count). The smallest absolute Gasteiger partial charge is 0.247 e. The number of amides is 1. The van der Waals surface area contributed by atoms with Crippen molar-refractivity contribution >= 4 is 23.1 Å². The van der Waals surface area contributed by atoms with Crippen LogP contribution in [0.4, 0.5) is 5.69 Å². The minimum atomic E-state index is -0.780. The van der Waals surface area contributed by atoms with Crippen LogP contribution in [0.2, 0.25) is 0 Å². The molecule has 0 heterocycles. The van der Waals surface area contributed by atoms with Gasteiger partial charge in [0.2, 0.25) is 11.7 Å². The Labute approximate surface area is 191 Å². The number of methoxy groups -OCH3 is 1.